The number of nitrogens with zero attached hydrogens (tertiary/aromatic N) is 2. The Morgan fingerprint density at radius 3 is 2.63 bits per heavy atom. The molecule has 1 atom stereocenters. The van der Waals surface area contributed by atoms with E-state index in [2.05, 4.69) is 5.32 Å². The quantitative estimate of drug-likeness (QED) is 0.855. The molecule has 0 saturated heterocycles. The fourth-order valence-corrected chi connectivity index (χ4v) is 1.69. The van der Waals surface area contributed by atoms with Crippen molar-refractivity contribution in [1.82, 2.24) is 9.47 Å². The molecule has 1 unspecified atom stereocenters. The molecule has 1 aromatic rings. The smallest absolute Gasteiger partial charge is 0.322 e. The molecule has 1 aromatic heterocycles. The number of carbonyl (C=O) groups is 1. The number of aliphatic hydroxyl groups is 1. The average Bonchev–Trinajstić information content (AvgIpc) is 2.31. The Morgan fingerprint density at radius 2 is 2.11 bits per heavy atom. The molecule has 6 nitrogen and oxygen atoms in total. The lowest BCUT2D eigenvalue weighted by Crippen LogP contribution is -2.44. The summed E-state index contributed by atoms with van der Waals surface area (Å²) in [4.78, 5) is 25.4. The summed E-state index contributed by atoms with van der Waals surface area (Å²) in [6.07, 6.45) is 1.00. The summed E-state index contributed by atoms with van der Waals surface area (Å²) in [5, 5.41) is 12.0. The maximum absolute atomic E-state index is 12.1. The van der Waals surface area contributed by atoms with Gasteiger partial charge >= 0.3 is 6.03 Å². The third kappa shape index (κ3) is 4.10. The van der Waals surface area contributed by atoms with E-state index in [9.17, 15) is 14.7 Å². The first-order valence-electron chi connectivity index (χ1n) is 6.24. The number of aryl methyl sites for hydroxylation is 1. The van der Waals surface area contributed by atoms with E-state index < -0.39 is 6.10 Å². The second-order valence-electron chi connectivity index (χ2n) is 4.86. The van der Waals surface area contributed by atoms with E-state index in [4.69, 9.17) is 0 Å². The number of nitrogens with one attached hydrogen (secondary N) is 1. The molecular formula is C13H21N3O3. The third-order valence-electron chi connectivity index (χ3n) is 2.71. The van der Waals surface area contributed by atoms with Crippen molar-refractivity contribution in [2.24, 2.45) is 7.05 Å². The monoisotopic (exact) mass is 267 g/mol. The lowest BCUT2D eigenvalue weighted by atomic mass is 10.3. The Bertz CT molecular complexity index is 494. The van der Waals surface area contributed by atoms with Crippen LogP contribution in [-0.2, 0) is 7.05 Å². The highest BCUT2D eigenvalue weighted by Gasteiger charge is 2.19. The lowest BCUT2D eigenvalue weighted by molar-refractivity contribution is 0.125. The van der Waals surface area contributed by atoms with Gasteiger partial charge in [-0.15, -0.1) is 0 Å². The van der Waals surface area contributed by atoms with Gasteiger partial charge in [0.05, 0.1) is 6.10 Å². The highest BCUT2D eigenvalue weighted by atomic mass is 16.3. The maximum Gasteiger partial charge on any atom is 0.322 e. The van der Waals surface area contributed by atoms with Gasteiger partial charge in [-0.1, -0.05) is 0 Å². The van der Waals surface area contributed by atoms with Crippen molar-refractivity contribution >= 4 is 11.7 Å². The fraction of sp³-hybridized carbons (Fsp3) is 0.538. The molecule has 2 N–H and O–H groups in total. The predicted octanol–water partition coefficient (Wildman–Crippen LogP) is 1.01. The predicted molar refractivity (Wildman–Crippen MR) is 74.2 cm³/mol. The van der Waals surface area contributed by atoms with Gasteiger partial charge < -0.3 is 19.9 Å². The van der Waals surface area contributed by atoms with E-state index in [0.29, 0.717) is 0 Å². The third-order valence-corrected chi connectivity index (χ3v) is 2.71. The maximum atomic E-state index is 12.1. The number of carbonyl (C=O) groups excluding carboxylic acids is 1. The fourth-order valence-electron chi connectivity index (χ4n) is 1.69. The molecule has 0 aliphatic heterocycles. The van der Waals surface area contributed by atoms with Crippen LogP contribution in [0.25, 0.3) is 0 Å². The number of urea groups is 1. The van der Waals surface area contributed by atoms with Crippen LogP contribution in [0.15, 0.2) is 23.1 Å². The molecule has 0 saturated carbocycles. The van der Waals surface area contributed by atoms with Crippen molar-refractivity contribution in [2.45, 2.75) is 32.9 Å². The van der Waals surface area contributed by atoms with Gasteiger partial charge in [0.2, 0.25) is 0 Å². The highest BCUT2D eigenvalue weighted by molar-refractivity contribution is 5.89. The molecule has 0 bridgehead atoms. The normalized spacial score (nSPS) is 12.3. The standard InChI is InChI=1S/C13H21N3O3/c1-9(2)16(8-10(3)17)13(19)14-11-6-5-7-15(4)12(11)18/h5-7,9-10,17H,8H2,1-4H3,(H,14,19). The number of aliphatic hydroxyl groups excluding tert-OH is 1. The minimum Gasteiger partial charge on any atom is -0.392 e. The molecule has 106 valence electrons. The molecule has 0 radical (unpaired) electrons. The van der Waals surface area contributed by atoms with Crippen molar-refractivity contribution in [3.8, 4) is 0 Å². The first kappa shape index (κ1) is 15.2. The zero-order chi connectivity index (χ0) is 14.6. The Labute approximate surface area is 112 Å². The van der Waals surface area contributed by atoms with E-state index in [-0.39, 0.29) is 29.9 Å². The van der Waals surface area contributed by atoms with Crippen LogP contribution in [0.4, 0.5) is 10.5 Å². The van der Waals surface area contributed by atoms with Crippen LogP contribution in [0.1, 0.15) is 20.8 Å². The first-order chi connectivity index (χ1) is 8.82. The van der Waals surface area contributed by atoms with E-state index in [1.165, 1.54) is 9.47 Å². The molecule has 2 amide bonds. The number of anilines is 1. The molecule has 6 heteroatoms. The number of amides is 2. The number of pyridine rings is 1. The first-order valence-corrected chi connectivity index (χ1v) is 6.24. The minimum absolute atomic E-state index is 0.0674. The molecular weight excluding hydrogens is 246 g/mol. The largest absolute Gasteiger partial charge is 0.392 e. The van der Waals surface area contributed by atoms with Gasteiger partial charge in [0.25, 0.3) is 5.56 Å². The molecule has 0 aliphatic rings. The molecule has 1 heterocycles. The van der Waals surface area contributed by atoms with E-state index in [0.717, 1.165) is 0 Å². The number of hydrogen-bond acceptors (Lipinski definition) is 3. The molecule has 1 rings (SSSR count). The molecule has 0 aromatic carbocycles. The zero-order valence-corrected chi connectivity index (χ0v) is 11.8. The summed E-state index contributed by atoms with van der Waals surface area (Å²) in [7, 11) is 1.62. The Morgan fingerprint density at radius 1 is 1.47 bits per heavy atom. The van der Waals surface area contributed by atoms with Gasteiger partial charge in [-0.25, -0.2) is 4.79 Å². The average molecular weight is 267 g/mol. The number of rotatable bonds is 4. The van der Waals surface area contributed by atoms with Crippen molar-refractivity contribution in [3.63, 3.8) is 0 Å². The molecule has 0 spiro atoms. The topological polar surface area (TPSA) is 74.6 Å². The second-order valence-corrected chi connectivity index (χ2v) is 4.86. The van der Waals surface area contributed by atoms with Crippen LogP contribution in [0, 0.1) is 0 Å². The van der Waals surface area contributed by atoms with Gasteiger partial charge in [-0.2, -0.15) is 0 Å². The van der Waals surface area contributed by atoms with E-state index in [1.807, 2.05) is 13.8 Å². The summed E-state index contributed by atoms with van der Waals surface area (Å²) in [6, 6.07) is 2.79. The van der Waals surface area contributed by atoms with E-state index in [1.54, 1.807) is 32.3 Å². The molecule has 0 aliphatic carbocycles. The minimum atomic E-state index is -0.619. The summed E-state index contributed by atoms with van der Waals surface area (Å²) in [5.74, 6) is 0. The van der Waals surface area contributed by atoms with Gasteiger partial charge in [0.15, 0.2) is 0 Å². The van der Waals surface area contributed by atoms with Gasteiger partial charge in [0, 0.05) is 25.8 Å². The van der Waals surface area contributed by atoms with Crippen LogP contribution in [0.3, 0.4) is 0 Å². The van der Waals surface area contributed by atoms with Crippen LogP contribution in [0.2, 0.25) is 0 Å². The van der Waals surface area contributed by atoms with Crippen molar-refractivity contribution < 1.29 is 9.90 Å². The summed E-state index contributed by atoms with van der Waals surface area (Å²) in [6.45, 7) is 5.54. The zero-order valence-electron chi connectivity index (χ0n) is 11.8. The summed E-state index contributed by atoms with van der Waals surface area (Å²) in [5.41, 5.74) is -0.0390. The van der Waals surface area contributed by atoms with E-state index >= 15 is 0 Å². The Balaban J connectivity index is 2.88. The highest BCUT2D eigenvalue weighted by Crippen LogP contribution is 2.05. The number of aromatic nitrogens is 1. The van der Waals surface area contributed by atoms with Crippen LogP contribution in [-0.4, -0.2) is 39.3 Å². The Hall–Kier alpha value is -1.82. The summed E-state index contributed by atoms with van der Waals surface area (Å²) < 4.78 is 1.39. The van der Waals surface area contributed by atoms with Crippen LogP contribution in [0.5, 0.6) is 0 Å². The lowest BCUT2D eigenvalue weighted by Gasteiger charge is -2.28. The Kier molecular flexibility index (Phi) is 5.11. The van der Waals surface area contributed by atoms with Crippen LogP contribution < -0.4 is 10.9 Å². The second kappa shape index (κ2) is 6.38. The van der Waals surface area contributed by atoms with Gasteiger partial charge in [0.1, 0.15) is 5.69 Å². The van der Waals surface area contributed by atoms with Gasteiger partial charge in [-0.05, 0) is 32.9 Å². The molecule has 19 heavy (non-hydrogen) atoms. The van der Waals surface area contributed by atoms with Crippen molar-refractivity contribution in [2.75, 3.05) is 11.9 Å². The summed E-state index contributed by atoms with van der Waals surface area (Å²) >= 11 is 0. The SMILES string of the molecule is CC(O)CN(C(=O)Nc1cccn(C)c1=O)C(C)C. The van der Waals surface area contributed by atoms with Crippen molar-refractivity contribution in [3.05, 3.63) is 28.7 Å². The van der Waals surface area contributed by atoms with Crippen molar-refractivity contribution in [1.29, 1.82) is 0 Å². The van der Waals surface area contributed by atoms with Gasteiger partial charge in [-0.3, -0.25) is 4.79 Å². The molecule has 0 fully saturated rings. The number of hydrogen-bond donors (Lipinski definition) is 2. The van der Waals surface area contributed by atoms with Crippen LogP contribution >= 0.6 is 0 Å².